The SMILES string of the molecule is COc1cc(P2(=O)CCN(C3CC3)CC2)ccc1Nc1nc(NC2CCCCC2)c2c(Cl)c[nH]c2n1. The second kappa shape index (κ2) is 9.88. The van der Waals surface area contributed by atoms with E-state index in [0.29, 0.717) is 28.4 Å². The first-order chi connectivity index (χ1) is 17.5. The number of aromatic nitrogens is 3. The zero-order valence-electron chi connectivity index (χ0n) is 20.7. The molecule has 2 aromatic heterocycles. The van der Waals surface area contributed by atoms with Gasteiger partial charge in [-0.1, -0.05) is 30.9 Å². The second-order valence-corrected chi connectivity index (χ2v) is 13.9. The summed E-state index contributed by atoms with van der Waals surface area (Å²) in [5, 5.41) is 9.25. The van der Waals surface area contributed by atoms with Gasteiger partial charge in [-0.15, -0.1) is 0 Å². The van der Waals surface area contributed by atoms with Gasteiger partial charge in [-0.25, -0.2) is 0 Å². The van der Waals surface area contributed by atoms with Crippen LogP contribution in [0.5, 0.6) is 5.75 Å². The number of nitrogens with zero attached hydrogens (tertiary/aromatic N) is 3. The third-order valence-electron chi connectivity index (χ3n) is 7.89. The van der Waals surface area contributed by atoms with E-state index in [1.807, 2.05) is 18.2 Å². The van der Waals surface area contributed by atoms with Gasteiger partial charge in [-0.3, -0.25) is 4.90 Å². The van der Waals surface area contributed by atoms with E-state index in [9.17, 15) is 4.57 Å². The van der Waals surface area contributed by atoms with Gasteiger partial charge >= 0.3 is 0 Å². The summed E-state index contributed by atoms with van der Waals surface area (Å²) in [5.41, 5.74) is 1.42. The molecule has 6 rings (SSSR count). The van der Waals surface area contributed by atoms with Crippen LogP contribution in [0.15, 0.2) is 24.4 Å². The van der Waals surface area contributed by atoms with Crippen LogP contribution in [-0.4, -0.2) is 64.5 Å². The number of fused-ring (bicyclic) bond motifs is 1. The van der Waals surface area contributed by atoms with E-state index < -0.39 is 7.14 Å². The minimum absolute atomic E-state index is 0.382. The Labute approximate surface area is 216 Å². The largest absolute Gasteiger partial charge is 0.495 e. The van der Waals surface area contributed by atoms with Gasteiger partial charge in [-0.05, 0) is 43.9 Å². The molecule has 1 aliphatic heterocycles. The van der Waals surface area contributed by atoms with Gasteiger partial charge in [0.25, 0.3) is 0 Å². The first kappa shape index (κ1) is 24.1. The summed E-state index contributed by atoms with van der Waals surface area (Å²) in [4.78, 5) is 15.1. The lowest BCUT2D eigenvalue weighted by atomic mass is 9.95. The van der Waals surface area contributed by atoms with E-state index in [0.717, 1.165) is 66.5 Å². The molecule has 1 aromatic carbocycles. The zero-order chi connectivity index (χ0) is 24.7. The summed E-state index contributed by atoms with van der Waals surface area (Å²) in [6.07, 6.45) is 11.8. The third kappa shape index (κ3) is 4.83. The minimum atomic E-state index is -2.43. The highest BCUT2D eigenvalue weighted by Crippen LogP contribution is 2.49. The van der Waals surface area contributed by atoms with E-state index in [2.05, 4.69) is 25.5 Å². The Kier molecular flexibility index (Phi) is 6.61. The van der Waals surface area contributed by atoms with E-state index >= 15 is 0 Å². The van der Waals surface area contributed by atoms with E-state index in [-0.39, 0.29) is 0 Å². The van der Waals surface area contributed by atoms with Crippen LogP contribution in [0.4, 0.5) is 17.5 Å². The van der Waals surface area contributed by atoms with Crippen molar-refractivity contribution in [3.05, 3.63) is 29.4 Å². The Morgan fingerprint density at radius 2 is 1.89 bits per heavy atom. The lowest BCUT2D eigenvalue weighted by molar-refractivity contribution is 0.285. The highest BCUT2D eigenvalue weighted by atomic mass is 35.5. The number of ether oxygens (including phenoxy) is 1. The normalized spacial score (nSPS) is 20.9. The minimum Gasteiger partial charge on any atom is -0.495 e. The van der Waals surface area contributed by atoms with Crippen LogP contribution in [0.2, 0.25) is 5.02 Å². The monoisotopic (exact) mass is 528 g/mol. The molecule has 3 N–H and O–H groups in total. The zero-order valence-corrected chi connectivity index (χ0v) is 22.4. The van der Waals surface area contributed by atoms with Crippen molar-refractivity contribution in [1.82, 2.24) is 19.9 Å². The van der Waals surface area contributed by atoms with Gasteiger partial charge in [0.1, 0.15) is 24.4 Å². The number of nitrogens with one attached hydrogen (secondary N) is 3. The molecule has 2 saturated carbocycles. The predicted molar refractivity (Wildman–Crippen MR) is 147 cm³/mol. The predicted octanol–water partition coefficient (Wildman–Crippen LogP) is 5.57. The molecule has 192 valence electrons. The van der Waals surface area contributed by atoms with Crippen LogP contribution in [0.3, 0.4) is 0 Å². The number of anilines is 3. The standard InChI is InChI=1S/C26H34ClN6O2P/c1-35-22-15-19(36(34)13-11-33(12-14-36)18-7-8-18)9-10-21(22)30-26-31-24-23(20(27)16-28-24)25(32-26)29-17-5-3-2-4-6-17/h9-10,15-18H,2-8,11-14H2,1H3,(H3,28,29,30,31,32). The second-order valence-electron chi connectivity index (χ2n) is 10.3. The molecule has 10 heteroatoms. The Morgan fingerprint density at radius 3 is 2.61 bits per heavy atom. The molecule has 36 heavy (non-hydrogen) atoms. The van der Waals surface area contributed by atoms with Crippen LogP contribution < -0.4 is 20.7 Å². The summed E-state index contributed by atoms with van der Waals surface area (Å²) in [6, 6.07) is 6.95. The molecule has 3 aromatic rings. The van der Waals surface area contributed by atoms with Gasteiger partial charge in [0.2, 0.25) is 5.95 Å². The van der Waals surface area contributed by atoms with Crippen molar-refractivity contribution < 1.29 is 9.30 Å². The van der Waals surface area contributed by atoms with Crippen molar-refractivity contribution in [2.24, 2.45) is 0 Å². The molecule has 2 aliphatic carbocycles. The number of benzene rings is 1. The smallest absolute Gasteiger partial charge is 0.231 e. The number of hydrogen-bond donors (Lipinski definition) is 3. The van der Waals surface area contributed by atoms with Crippen molar-refractivity contribution >= 4 is 52.5 Å². The molecule has 0 atom stereocenters. The third-order valence-corrected chi connectivity index (χ3v) is 11.3. The number of halogens is 1. The number of H-pyrrole nitrogens is 1. The summed E-state index contributed by atoms with van der Waals surface area (Å²) in [6.45, 7) is 1.85. The molecular weight excluding hydrogens is 495 g/mol. The maximum absolute atomic E-state index is 13.8. The van der Waals surface area contributed by atoms with E-state index in [1.54, 1.807) is 13.3 Å². The fourth-order valence-corrected chi connectivity index (χ4v) is 8.45. The molecule has 8 nitrogen and oxygen atoms in total. The fraction of sp³-hybridized carbons (Fsp3) is 0.538. The molecule has 3 aliphatic rings. The molecule has 0 amide bonds. The number of hydrogen-bond acceptors (Lipinski definition) is 7. The van der Waals surface area contributed by atoms with Crippen molar-refractivity contribution in [3.8, 4) is 5.75 Å². The molecular formula is C26H34ClN6O2P. The Morgan fingerprint density at radius 1 is 1.11 bits per heavy atom. The van der Waals surface area contributed by atoms with Crippen molar-refractivity contribution in [2.75, 3.05) is 43.2 Å². The summed E-state index contributed by atoms with van der Waals surface area (Å²) >= 11 is 6.47. The van der Waals surface area contributed by atoms with Crippen LogP contribution in [0.1, 0.15) is 44.9 Å². The molecule has 0 spiro atoms. The maximum atomic E-state index is 13.8. The van der Waals surface area contributed by atoms with Gasteiger partial charge in [0.15, 0.2) is 0 Å². The van der Waals surface area contributed by atoms with Crippen molar-refractivity contribution in [3.63, 3.8) is 0 Å². The fourth-order valence-electron chi connectivity index (χ4n) is 5.62. The average molecular weight is 529 g/mol. The van der Waals surface area contributed by atoms with E-state index in [1.165, 1.54) is 32.1 Å². The summed E-state index contributed by atoms with van der Waals surface area (Å²) < 4.78 is 19.5. The van der Waals surface area contributed by atoms with Gasteiger partial charge < -0.3 is 24.9 Å². The van der Waals surface area contributed by atoms with Crippen LogP contribution in [-0.2, 0) is 4.57 Å². The topological polar surface area (TPSA) is 95.2 Å². The average Bonchev–Trinajstić information content (AvgIpc) is 3.67. The first-order valence-corrected chi connectivity index (χ1v) is 15.6. The quantitative estimate of drug-likeness (QED) is 0.345. The molecule has 1 saturated heterocycles. The van der Waals surface area contributed by atoms with Gasteiger partial charge in [0.05, 0.1) is 23.2 Å². The Balaban J connectivity index is 1.25. The summed E-state index contributed by atoms with van der Waals surface area (Å²) in [5.74, 6) is 1.83. The number of aromatic amines is 1. The lowest BCUT2D eigenvalue weighted by Crippen LogP contribution is -2.38. The molecule has 3 fully saturated rings. The van der Waals surface area contributed by atoms with E-state index in [4.69, 9.17) is 21.3 Å². The number of rotatable bonds is 7. The van der Waals surface area contributed by atoms with Crippen molar-refractivity contribution in [1.29, 1.82) is 0 Å². The highest BCUT2D eigenvalue weighted by molar-refractivity contribution is 7.71. The number of methoxy groups -OCH3 is 1. The maximum Gasteiger partial charge on any atom is 0.231 e. The first-order valence-electron chi connectivity index (χ1n) is 13.1. The van der Waals surface area contributed by atoms with Gasteiger partial charge in [0, 0.05) is 49.0 Å². The van der Waals surface area contributed by atoms with Crippen molar-refractivity contribution in [2.45, 2.75) is 57.0 Å². The van der Waals surface area contributed by atoms with Crippen LogP contribution in [0, 0.1) is 0 Å². The highest BCUT2D eigenvalue weighted by Gasteiger charge is 2.37. The molecule has 0 radical (unpaired) electrons. The molecule has 3 heterocycles. The lowest BCUT2D eigenvalue weighted by Gasteiger charge is -2.32. The molecule has 0 unspecified atom stereocenters. The Bertz CT molecular complexity index is 1290. The van der Waals surface area contributed by atoms with Gasteiger partial charge in [-0.2, -0.15) is 9.97 Å². The molecule has 0 bridgehead atoms. The van der Waals surface area contributed by atoms with Crippen LogP contribution in [0.25, 0.3) is 11.0 Å². The van der Waals surface area contributed by atoms with Crippen LogP contribution >= 0.6 is 18.7 Å². The summed E-state index contributed by atoms with van der Waals surface area (Å²) in [7, 11) is -0.787. The Hall–Kier alpha value is -2.28.